The van der Waals surface area contributed by atoms with Gasteiger partial charge in [-0.25, -0.2) is 0 Å². The first kappa shape index (κ1) is 16.7. The number of fused-ring (bicyclic) bond motifs is 1. The first-order chi connectivity index (χ1) is 11.3. The van der Waals surface area contributed by atoms with Gasteiger partial charge in [-0.05, 0) is 42.8 Å². The Bertz CT molecular complexity index is 774. The lowest BCUT2D eigenvalue weighted by Gasteiger charge is -2.24. The molecule has 0 bridgehead atoms. The number of hydrogen-bond donors (Lipinski definition) is 1. The molecule has 1 aliphatic rings. The standard InChI is InChI=1S/C17H15F3N2OS/c1-10-22(9-11-2-5-13(6-3-11)17(18,19)20)14-8-12(16(21)23)4-7-15(14)24-10/h2-8,10H,9H2,1H3,(H2,21,23). The first-order valence-electron chi connectivity index (χ1n) is 7.29. The van der Waals surface area contributed by atoms with Gasteiger partial charge in [-0.15, -0.1) is 0 Å². The van der Waals surface area contributed by atoms with Crippen LogP contribution in [0.15, 0.2) is 47.4 Å². The maximum atomic E-state index is 12.6. The van der Waals surface area contributed by atoms with Crippen LogP contribution in [0, 0.1) is 0 Å². The van der Waals surface area contributed by atoms with Gasteiger partial charge in [0, 0.05) is 17.0 Å². The van der Waals surface area contributed by atoms with E-state index in [2.05, 4.69) is 4.90 Å². The zero-order valence-electron chi connectivity index (χ0n) is 12.8. The van der Waals surface area contributed by atoms with E-state index in [1.54, 1.807) is 23.9 Å². The third-order valence-electron chi connectivity index (χ3n) is 3.92. The van der Waals surface area contributed by atoms with Gasteiger partial charge in [-0.3, -0.25) is 4.79 Å². The second-order valence-electron chi connectivity index (χ2n) is 5.59. The molecule has 0 spiro atoms. The lowest BCUT2D eigenvalue weighted by atomic mass is 10.1. The maximum Gasteiger partial charge on any atom is 0.416 e. The third kappa shape index (κ3) is 3.21. The van der Waals surface area contributed by atoms with Crippen LogP contribution in [0.1, 0.15) is 28.4 Å². The molecular formula is C17H15F3N2OS. The quantitative estimate of drug-likeness (QED) is 0.898. The second-order valence-corrected chi connectivity index (χ2v) is 6.94. The highest BCUT2D eigenvalue weighted by molar-refractivity contribution is 8.00. The molecule has 3 rings (SSSR count). The number of amides is 1. The fourth-order valence-corrected chi connectivity index (χ4v) is 3.77. The van der Waals surface area contributed by atoms with E-state index in [1.165, 1.54) is 12.1 Å². The molecular weight excluding hydrogens is 337 g/mol. The molecule has 7 heteroatoms. The molecule has 3 nitrogen and oxygen atoms in total. The summed E-state index contributed by atoms with van der Waals surface area (Å²) in [4.78, 5) is 14.4. The van der Waals surface area contributed by atoms with Crippen LogP contribution >= 0.6 is 11.8 Å². The first-order valence-corrected chi connectivity index (χ1v) is 8.17. The molecule has 2 aromatic rings. The van der Waals surface area contributed by atoms with Crippen molar-refractivity contribution in [3.63, 3.8) is 0 Å². The summed E-state index contributed by atoms with van der Waals surface area (Å²) in [7, 11) is 0. The molecule has 1 amide bonds. The number of hydrogen-bond acceptors (Lipinski definition) is 3. The van der Waals surface area contributed by atoms with Gasteiger partial charge in [-0.2, -0.15) is 13.2 Å². The highest BCUT2D eigenvalue weighted by Crippen LogP contribution is 2.44. The van der Waals surface area contributed by atoms with Gasteiger partial charge in [0.2, 0.25) is 5.91 Å². The Morgan fingerprint density at radius 1 is 1.21 bits per heavy atom. The SMILES string of the molecule is CC1Sc2ccc(C(N)=O)cc2N1Cc1ccc(C(F)(F)F)cc1. The number of alkyl halides is 3. The monoisotopic (exact) mass is 352 g/mol. The summed E-state index contributed by atoms with van der Waals surface area (Å²) < 4.78 is 37.9. The molecule has 0 aliphatic carbocycles. The number of primary amides is 1. The molecule has 1 heterocycles. The van der Waals surface area contributed by atoms with E-state index in [0.717, 1.165) is 28.3 Å². The lowest BCUT2D eigenvalue weighted by Crippen LogP contribution is -2.26. The summed E-state index contributed by atoms with van der Waals surface area (Å²) in [5, 5.41) is 0.116. The fourth-order valence-electron chi connectivity index (χ4n) is 2.65. The van der Waals surface area contributed by atoms with Gasteiger partial charge in [0.1, 0.15) is 0 Å². The minimum absolute atomic E-state index is 0.116. The normalized spacial score (nSPS) is 17.0. The summed E-state index contributed by atoms with van der Waals surface area (Å²) in [6, 6.07) is 10.4. The van der Waals surface area contributed by atoms with Crippen molar-refractivity contribution in [2.75, 3.05) is 4.90 Å². The van der Waals surface area contributed by atoms with Crippen LogP contribution < -0.4 is 10.6 Å². The van der Waals surface area contributed by atoms with Crippen LogP contribution in [-0.2, 0) is 12.7 Å². The van der Waals surface area contributed by atoms with Crippen molar-refractivity contribution in [3.05, 3.63) is 59.2 Å². The van der Waals surface area contributed by atoms with Crippen LogP contribution in [0.5, 0.6) is 0 Å². The van der Waals surface area contributed by atoms with Gasteiger partial charge in [-0.1, -0.05) is 23.9 Å². The molecule has 0 saturated carbocycles. The third-order valence-corrected chi connectivity index (χ3v) is 5.12. The molecule has 1 atom stereocenters. The number of benzene rings is 2. The molecule has 2 aromatic carbocycles. The Kier molecular flexibility index (Phi) is 4.21. The van der Waals surface area contributed by atoms with Crippen LogP contribution in [-0.4, -0.2) is 11.3 Å². The minimum atomic E-state index is -4.34. The van der Waals surface area contributed by atoms with Crippen molar-refractivity contribution >= 4 is 23.4 Å². The Hall–Kier alpha value is -2.15. The van der Waals surface area contributed by atoms with Crippen LogP contribution in [0.4, 0.5) is 18.9 Å². The Morgan fingerprint density at radius 3 is 2.46 bits per heavy atom. The molecule has 24 heavy (non-hydrogen) atoms. The number of anilines is 1. The topological polar surface area (TPSA) is 46.3 Å². The van der Waals surface area contributed by atoms with Gasteiger partial charge >= 0.3 is 6.18 Å². The molecule has 2 N–H and O–H groups in total. The Balaban J connectivity index is 1.86. The number of halogens is 3. The van der Waals surface area contributed by atoms with E-state index in [1.807, 2.05) is 13.0 Å². The summed E-state index contributed by atoms with van der Waals surface area (Å²) in [6.07, 6.45) is -4.34. The van der Waals surface area contributed by atoms with Crippen LogP contribution in [0.25, 0.3) is 0 Å². The van der Waals surface area contributed by atoms with Crippen molar-refractivity contribution in [2.24, 2.45) is 5.73 Å². The molecule has 126 valence electrons. The average molecular weight is 352 g/mol. The van der Waals surface area contributed by atoms with Crippen LogP contribution in [0.2, 0.25) is 0 Å². The second kappa shape index (κ2) is 6.05. The summed E-state index contributed by atoms with van der Waals surface area (Å²) >= 11 is 1.64. The van der Waals surface area contributed by atoms with Crippen molar-refractivity contribution in [1.29, 1.82) is 0 Å². The highest BCUT2D eigenvalue weighted by Gasteiger charge is 2.31. The van der Waals surface area contributed by atoms with E-state index in [9.17, 15) is 18.0 Å². The predicted octanol–water partition coefficient (Wildman–Crippen LogP) is 4.26. The van der Waals surface area contributed by atoms with E-state index < -0.39 is 17.6 Å². The van der Waals surface area contributed by atoms with Crippen molar-refractivity contribution < 1.29 is 18.0 Å². The molecule has 0 saturated heterocycles. The number of nitrogens with zero attached hydrogens (tertiary/aromatic N) is 1. The molecule has 0 fully saturated rings. The predicted molar refractivity (Wildman–Crippen MR) is 87.9 cm³/mol. The average Bonchev–Trinajstić information content (AvgIpc) is 2.82. The van der Waals surface area contributed by atoms with Gasteiger partial charge < -0.3 is 10.6 Å². The Morgan fingerprint density at radius 2 is 1.88 bits per heavy atom. The van der Waals surface area contributed by atoms with Crippen molar-refractivity contribution in [3.8, 4) is 0 Å². The van der Waals surface area contributed by atoms with Crippen molar-refractivity contribution in [2.45, 2.75) is 29.9 Å². The van der Waals surface area contributed by atoms with Gasteiger partial charge in [0.05, 0.1) is 16.6 Å². The maximum absolute atomic E-state index is 12.6. The van der Waals surface area contributed by atoms with E-state index in [-0.39, 0.29) is 5.37 Å². The molecule has 1 unspecified atom stereocenters. The van der Waals surface area contributed by atoms with Crippen LogP contribution in [0.3, 0.4) is 0 Å². The van der Waals surface area contributed by atoms with E-state index >= 15 is 0 Å². The molecule has 0 aromatic heterocycles. The van der Waals surface area contributed by atoms with Crippen molar-refractivity contribution in [1.82, 2.24) is 0 Å². The summed E-state index contributed by atoms with van der Waals surface area (Å²) in [5.74, 6) is -0.503. The summed E-state index contributed by atoms with van der Waals surface area (Å²) in [6.45, 7) is 2.47. The van der Waals surface area contributed by atoms with E-state index in [4.69, 9.17) is 5.73 Å². The smallest absolute Gasteiger partial charge is 0.366 e. The summed E-state index contributed by atoms with van der Waals surface area (Å²) in [5.41, 5.74) is 6.73. The van der Waals surface area contributed by atoms with E-state index in [0.29, 0.717) is 12.1 Å². The number of thioether (sulfide) groups is 1. The molecule has 1 aliphatic heterocycles. The number of nitrogens with two attached hydrogens (primary N) is 1. The minimum Gasteiger partial charge on any atom is -0.366 e. The van der Waals surface area contributed by atoms with Gasteiger partial charge in [0.25, 0.3) is 0 Å². The largest absolute Gasteiger partial charge is 0.416 e. The van der Waals surface area contributed by atoms with Gasteiger partial charge in [0.15, 0.2) is 0 Å². The lowest BCUT2D eigenvalue weighted by molar-refractivity contribution is -0.137. The number of carbonyl (C=O) groups excluding carboxylic acids is 1. The number of carbonyl (C=O) groups is 1. The Labute approximate surface area is 141 Å². The zero-order chi connectivity index (χ0) is 17.5. The molecule has 0 radical (unpaired) electrons. The fraction of sp³-hybridized carbons (Fsp3) is 0.235. The number of rotatable bonds is 3. The zero-order valence-corrected chi connectivity index (χ0v) is 13.6. The highest BCUT2D eigenvalue weighted by atomic mass is 32.2.